The summed E-state index contributed by atoms with van der Waals surface area (Å²) in [7, 11) is -2.14. The lowest BCUT2D eigenvalue weighted by molar-refractivity contribution is 0.453. The molecule has 0 saturated carbocycles. The molecule has 114 valence electrons. The van der Waals surface area contributed by atoms with Gasteiger partial charge >= 0.3 is 0 Å². The number of benzene rings is 1. The number of hydrogen-bond acceptors (Lipinski definition) is 3. The summed E-state index contributed by atoms with van der Waals surface area (Å²) in [6, 6.07) is 2.75. The van der Waals surface area contributed by atoms with E-state index in [2.05, 4.69) is 6.92 Å². The Labute approximate surface area is 120 Å². The first-order valence-corrected chi connectivity index (χ1v) is 8.24. The predicted molar refractivity (Wildman–Crippen MR) is 78.4 cm³/mol. The highest BCUT2D eigenvalue weighted by Crippen LogP contribution is 2.23. The van der Waals surface area contributed by atoms with E-state index in [4.69, 9.17) is 5.73 Å². The van der Waals surface area contributed by atoms with Crippen LogP contribution in [0.25, 0.3) is 0 Å². The monoisotopic (exact) mass is 302 g/mol. The lowest BCUT2D eigenvalue weighted by Gasteiger charge is -2.19. The van der Waals surface area contributed by atoms with Crippen molar-refractivity contribution in [2.24, 2.45) is 5.73 Å². The van der Waals surface area contributed by atoms with Crippen molar-refractivity contribution >= 4 is 10.0 Å². The molecule has 0 aliphatic carbocycles. The Morgan fingerprint density at radius 3 is 2.50 bits per heavy atom. The quantitative estimate of drug-likeness (QED) is 0.787. The van der Waals surface area contributed by atoms with Gasteiger partial charge < -0.3 is 5.73 Å². The topological polar surface area (TPSA) is 63.4 Å². The molecule has 6 heteroatoms. The van der Waals surface area contributed by atoms with E-state index in [1.807, 2.05) is 0 Å². The maximum atomic E-state index is 13.8. The van der Waals surface area contributed by atoms with E-state index < -0.39 is 15.8 Å². The van der Waals surface area contributed by atoms with Crippen molar-refractivity contribution in [3.63, 3.8) is 0 Å². The standard InChI is InChI=1S/C14H23FN2O2S/c1-4-5-6-7-17(3)20(18,19)14-9-12(10-16)8-13(15)11(14)2/h8-9H,4-7,10,16H2,1-3H3. The summed E-state index contributed by atoms with van der Waals surface area (Å²) in [4.78, 5) is 0.0111. The van der Waals surface area contributed by atoms with Gasteiger partial charge in [0.25, 0.3) is 0 Å². The van der Waals surface area contributed by atoms with Crippen LogP contribution < -0.4 is 5.73 Å². The van der Waals surface area contributed by atoms with Crippen LogP contribution in [-0.2, 0) is 16.6 Å². The van der Waals surface area contributed by atoms with Gasteiger partial charge in [-0.05, 0) is 31.0 Å². The van der Waals surface area contributed by atoms with Crippen LogP contribution in [0.15, 0.2) is 17.0 Å². The minimum Gasteiger partial charge on any atom is -0.326 e. The highest BCUT2D eigenvalue weighted by atomic mass is 32.2. The Balaban J connectivity index is 3.11. The molecule has 1 aromatic rings. The summed E-state index contributed by atoms with van der Waals surface area (Å²) < 4.78 is 40.0. The van der Waals surface area contributed by atoms with Crippen LogP contribution in [0.5, 0.6) is 0 Å². The fourth-order valence-corrected chi connectivity index (χ4v) is 3.46. The van der Waals surface area contributed by atoms with Gasteiger partial charge in [0.05, 0.1) is 4.90 Å². The highest BCUT2D eigenvalue weighted by Gasteiger charge is 2.24. The second-order valence-corrected chi connectivity index (χ2v) is 6.95. The van der Waals surface area contributed by atoms with E-state index in [9.17, 15) is 12.8 Å². The third-order valence-corrected chi connectivity index (χ3v) is 5.34. The molecule has 4 nitrogen and oxygen atoms in total. The zero-order valence-corrected chi connectivity index (χ0v) is 13.1. The van der Waals surface area contributed by atoms with Crippen molar-refractivity contribution < 1.29 is 12.8 Å². The first-order chi connectivity index (χ1) is 9.34. The lowest BCUT2D eigenvalue weighted by Crippen LogP contribution is -2.29. The van der Waals surface area contributed by atoms with Gasteiger partial charge in [-0.1, -0.05) is 19.8 Å². The molecule has 1 aromatic carbocycles. The van der Waals surface area contributed by atoms with E-state index in [0.717, 1.165) is 19.3 Å². The summed E-state index contributed by atoms with van der Waals surface area (Å²) in [5.74, 6) is -0.534. The molecule has 0 bridgehead atoms. The Bertz CT molecular complexity index is 559. The van der Waals surface area contributed by atoms with E-state index in [-0.39, 0.29) is 17.0 Å². The average Bonchev–Trinajstić information content (AvgIpc) is 2.41. The molecule has 0 aliphatic heterocycles. The molecule has 0 radical (unpaired) electrons. The number of hydrogen-bond donors (Lipinski definition) is 1. The van der Waals surface area contributed by atoms with Crippen LogP contribution in [0.1, 0.15) is 37.3 Å². The molecule has 20 heavy (non-hydrogen) atoms. The van der Waals surface area contributed by atoms with Crippen LogP contribution in [0.3, 0.4) is 0 Å². The van der Waals surface area contributed by atoms with Gasteiger partial charge in [-0.2, -0.15) is 0 Å². The minimum absolute atomic E-state index is 0.0111. The predicted octanol–water partition coefficient (Wildman–Crippen LogP) is 2.40. The molecule has 0 heterocycles. The number of rotatable bonds is 7. The summed E-state index contributed by atoms with van der Waals surface area (Å²) >= 11 is 0. The zero-order valence-electron chi connectivity index (χ0n) is 12.3. The van der Waals surface area contributed by atoms with E-state index >= 15 is 0 Å². The molecule has 1 rings (SSSR count). The molecule has 2 N–H and O–H groups in total. The fourth-order valence-electron chi connectivity index (χ4n) is 1.97. The largest absolute Gasteiger partial charge is 0.326 e. The molecule has 0 fully saturated rings. The molecule has 0 aromatic heterocycles. The minimum atomic E-state index is -3.67. The van der Waals surface area contributed by atoms with E-state index in [0.29, 0.717) is 12.1 Å². The Morgan fingerprint density at radius 1 is 1.30 bits per heavy atom. The Morgan fingerprint density at radius 2 is 1.95 bits per heavy atom. The number of nitrogens with two attached hydrogens (primary N) is 1. The molecular formula is C14H23FN2O2S. The molecule has 0 aliphatic rings. The number of unbranched alkanes of at least 4 members (excludes halogenated alkanes) is 2. The van der Waals surface area contributed by atoms with Gasteiger partial charge in [0, 0.05) is 25.7 Å². The molecular weight excluding hydrogens is 279 g/mol. The summed E-state index contributed by atoms with van der Waals surface area (Å²) in [5, 5.41) is 0. The van der Waals surface area contributed by atoms with Crippen LogP contribution in [0.2, 0.25) is 0 Å². The lowest BCUT2D eigenvalue weighted by atomic mass is 10.1. The van der Waals surface area contributed by atoms with Gasteiger partial charge in [-0.3, -0.25) is 0 Å². The molecule has 0 atom stereocenters. The maximum absolute atomic E-state index is 13.8. The van der Waals surface area contributed by atoms with Crippen molar-refractivity contribution in [2.75, 3.05) is 13.6 Å². The van der Waals surface area contributed by atoms with Gasteiger partial charge in [-0.15, -0.1) is 0 Å². The SMILES string of the molecule is CCCCCN(C)S(=O)(=O)c1cc(CN)cc(F)c1C. The van der Waals surface area contributed by atoms with Crippen LogP contribution in [-0.4, -0.2) is 26.3 Å². The van der Waals surface area contributed by atoms with Gasteiger partial charge in [0.15, 0.2) is 0 Å². The fraction of sp³-hybridized carbons (Fsp3) is 0.571. The van der Waals surface area contributed by atoms with Crippen molar-refractivity contribution in [1.82, 2.24) is 4.31 Å². The second kappa shape index (κ2) is 7.15. The van der Waals surface area contributed by atoms with E-state index in [1.54, 1.807) is 0 Å². The summed E-state index contributed by atoms with van der Waals surface area (Å²) in [6.07, 6.45) is 2.78. The first kappa shape index (κ1) is 17.1. The summed E-state index contributed by atoms with van der Waals surface area (Å²) in [6.45, 7) is 4.07. The molecule has 0 spiro atoms. The number of nitrogens with zero attached hydrogens (tertiary/aromatic N) is 1. The third kappa shape index (κ3) is 3.77. The summed E-state index contributed by atoms with van der Waals surface area (Å²) in [5.41, 5.74) is 6.10. The number of halogens is 1. The number of sulfonamides is 1. The third-order valence-electron chi connectivity index (χ3n) is 3.36. The van der Waals surface area contributed by atoms with Crippen molar-refractivity contribution in [1.29, 1.82) is 0 Å². The van der Waals surface area contributed by atoms with Crippen molar-refractivity contribution in [3.8, 4) is 0 Å². The highest BCUT2D eigenvalue weighted by molar-refractivity contribution is 7.89. The van der Waals surface area contributed by atoms with Gasteiger partial charge in [0.2, 0.25) is 10.0 Å². The zero-order chi connectivity index (χ0) is 15.3. The normalized spacial score (nSPS) is 12.1. The van der Waals surface area contributed by atoms with Crippen LogP contribution in [0.4, 0.5) is 4.39 Å². The first-order valence-electron chi connectivity index (χ1n) is 6.80. The van der Waals surface area contributed by atoms with Gasteiger partial charge in [0.1, 0.15) is 5.82 Å². The Kier molecular flexibility index (Phi) is 6.10. The maximum Gasteiger partial charge on any atom is 0.243 e. The van der Waals surface area contributed by atoms with Crippen molar-refractivity contribution in [2.45, 2.75) is 44.6 Å². The molecule has 0 unspecified atom stereocenters. The van der Waals surface area contributed by atoms with Crippen LogP contribution >= 0.6 is 0 Å². The van der Waals surface area contributed by atoms with Crippen molar-refractivity contribution in [3.05, 3.63) is 29.1 Å². The van der Waals surface area contributed by atoms with Gasteiger partial charge in [-0.25, -0.2) is 17.1 Å². The average molecular weight is 302 g/mol. The molecule has 0 amide bonds. The van der Waals surface area contributed by atoms with E-state index in [1.165, 1.54) is 30.4 Å². The van der Waals surface area contributed by atoms with Crippen LogP contribution in [0, 0.1) is 12.7 Å². The molecule has 0 saturated heterocycles. The smallest absolute Gasteiger partial charge is 0.243 e. The Hall–Kier alpha value is -0.980. The second-order valence-electron chi connectivity index (χ2n) is 4.94.